The van der Waals surface area contributed by atoms with Crippen molar-refractivity contribution in [3.8, 4) is 0 Å². The number of carbonyl (C=O) groups is 1. The summed E-state index contributed by atoms with van der Waals surface area (Å²) in [5, 5.41) is 7.27. The number of benzene rings is 3. The van der Waals surface area contributed by atoms with Gasteiger partial charge in [0.25, 0.3) is 0 Å². The third kappa shape index (κ3) is 5.13. The van der Waals surface area contributed by atoms with Gasteiger partial charge in [-0.3, -0.25) is 0 Å². The van der Waals surface area contributed by atoms with Gasteiger partial charge < -0.3 is 15.4 Å². The van der Waals surface area contributed by atoms with Gasteiger partial charge in [0, 0.05) is 5.69 Å². The van der Waals surface area contributed by atoms with E-state index in [0.29, 0.717) is 15.8 Å². The van der Waals surface area contributed by atoms with Crippen molar-refractivity contribution in [1.29, 1.82) is 0 Å². The van der Waals surface area contributed by atoms with Crippen LogP contribution in [0.15, 0.2) is 72.8 Å². The normalized spacial score (nSPS) is 11.4. The van der Waals surface area contributed by atoms with Crippen molar-refractivity contribution in [3.63, 3.8) is 0 Å². The molecule has 1 atom stereocenters. The van der Waals surface area contributed by atoms with Gasteiger partial charge in [0.1, 0.15) is 0 Å². The van der Waals surface area contributed by atoms with Gasteiger partial charge in [0.2, 0.25) is 0 Å². The first kappa shape index (κ1) is 20.8. The van der Waals surface area contributed by atoms with E-state index in [2.05, 4.69) is 41.8 Å². The molecular weight excluding hydrogens is 404 g/mol. The fraction of sp³-hybridized carbons (Fsp3) is 0.130. The highest BCUT2D eigenvalue weighted by Crippen LogP contribution is 2.26. The molecule has 4 nitrogen and oxygen atoms in total. The number of hydrogen-bond donors (Lipinski definition) is 2. The highest BCUT2D eigenvalue weighted by atomic mass is 35.5. The summed E-state index contributed by atoms with van der Waals surface area (Å²) in [5.41, 5.74) is 4.31. The number of halogens is 1. The maximum absolute atomic E-state index is 11.9. The van der Waals surface area contributed by atoms with Crippen LogP contribution in [-0.4, -0.2) is 18.2 Å². The first-order valence-electron chi connectivity index (χ1n) is 9.05. The number of anilines is 1. The van der Waals surface area contributed by atoms with Crippen LogP contribution in [0.4, 0.5) is 5.69 Å². The van der Waals surface area contributed by atoms with E-state index in [0.717, 1.165) is 16.7 Å². The van der Waals surface area contributed by atoms with E-state index in [4.69, 9.17) is 28.6 Å². The van der Waals surface area contributed by atoms with Crippen LogP contribution in [0.5, 0.6) is 0 Å². The van der Waals surface area contributed by atoms with E-state index in [9.17, 15) is 4.79 Å². The van der Waals surface area contributed by atoms with Gasteiger partial charge in [-0.05, 0) is 54.0 Å². The minimum absolute atomic E-state index is 0.121. The maximum Gasteiger partial charge on any atom is 0.339 e. The maximum atomic E-state index is 11.9. The second-order valence-corrected chi connectivity index (χ2v) is 7.30. The molecule has 0 aliphatic heterocycles. The van der Waals surface area contributed by atoms with Crippen molar-refractivity contribution in [2.24, 2.45) is 0 Å². The molecule has 3 aromatic carbocycles. The summed E-state index contributed by atoms with van der Waals surface area (Å²) < 4.78 is 4.77. The SMILES string of the molecule is COC(=O)c1cc(NC(=S)N[C@@H](c2ccccc2)c2ccccc2C)ccc1Cl. The van der Waals surface area contributed by atoms with Crippen LogP contribution in [0.3, 0.4) is 0 Å². The molecule has 6 heteroatoms. The van der Waals surface area contributed by atoms with Crippen molar-refractivity contribution in [1.82, 2.24) is 5.32 Å². The zero-order valence-electron chi connectivity index (χ0n) is 16.1. The lowest BCUT2D eigenvalue weighted by Crippen LogP contribution is -2.33. The summed E-state index contributed by atoms with van der Waals surface area (Å²) in [7, 11) is 1.32. The Balaban J connectivity index is 1.85. The van der Waals surface area contributed by atoms with Gasteiger partial charge >= 0.3 is 5.97 Å². The zero-order chi connectivity index (χ0) is 20.8. The zero-order valence-corrected chi connectivity index (χ0v) is 17.7. The number of aryl methyl sites for hydroxylation is 1. The molecule has 29 heavy (non-hydrogen) atoms. The van der Waals surface area contributed by atoms with Crippen LogP contribution in [0.25, 0.3) is 0 Å². The van der Waals surface area contributed by atoms with Crippen LogP contribution >= 0.6 is 23.8 Å². The molecule has 2 N–H and O–H groups in total. The first-order chi connectivity index (χ1) is 14.0. The standard InChI is InChI=1S/C23H21ClN2O2S/c1-15-8-6-7-11-18(15)21(16-9-4-3-5-10-16)26-23(29)25-17-12-13-20(24)19(14-17)22(27)28-2/h3-14,21H,1-2H3,(H2,25,26,29)/t21-/m0/s1. The van der Waals surface area contributed by atoms with E-state index in [1.165, 1.54) is 7.11 Å². The minimum atomic E-state index is -0.500. The summed E-state index contributed by atoms with van der Waals surface area (Å²) in [6, 6.07) is 23.2. The van der Waals surface area contributed by atoms with Crippen LogP contribution in [0.2, 0.25) is 5.02 Å². The Morgan fingerprint density at radius 2 is 1.72 bits per heavy atom. The molecule has 0 fully saturated rings. The minimum Gasteiger partial charge on any atom is -0.465 e. The quantitative estimate of drug-likeness (QED) is 0.417. The van der Waals surface area contributed by atoms with Crippen LogP contribution in [0.1, 0.15) is 33.1 Å². The topological polar surface area (TPSA) is 50.4 Å². The Morgan fingerprint density at radius 1 is 1.03 bits per heavy atom. The summed E-state index contributed by atoms with van der Waals surface area (Å²) in [6.45, 7) is 2.07. The van der Waals surface area contributed by atoms with E-state index >= 15 is 0 Å². The predicted octanol–water partition coefficient (Wildman–Crippen LogP) is 5.51. The van der Waals surface area contributed by atoms with Gasteiger partial charge in [-0.2, -0.15) is 0 Å². The van der Waals surface area contributed by atoms with Crippen LogP contribution in [0, 0.1) is 6.92 Å². The van der Waals surface area contributed by atoms with Crippen LogP contribution in [-0.2, 0) is 4.74 Å². The van der Waals surface area contributed by atoms with Gasteiger partial charge in [-0.1, -0.05) is 66.2 Å². The van der Waals surface area contributed by atoms with Gasteiger partial charge in [0.05, 0.1) is 23.7 Å². The molecule has 3 rings (SSSR count). The Bertz CT molecular complexity index is 1020. The highest BCUT2D eigenvalue weighted by molar-refractivity contribution is 7.80. The molecule has 3 aromatic rings. The monoisotopic (exact) mass is 424 g/mol. The molecule has 0 spiro atoms. The third-order valence-electron chi connectivity index (χ3n) is 4.54. The molecule has 0 bridgehead atoms. The molecule has 0 saturated carbocycles. The number of ether oxygens (including phenoxy) is 1. The van der Waals surface area contributed by atoms with E-state index < -0.39 is 5.97 Å². The number of methoxy groups -OCH3 is 1. The second kappa shape index (κ2) is 9.54. The Labute approximate surface area is 180 Å². The summed E-state index contributed by atoms with van der Waals surface area (Å²) in [5.74, 6) is -0.500. The largest absolute Gasteiger partial charge is 0.465 e. The number of rotatable bonds is 5. The van der Waals surface area contributed by atoms with Gasteiger partial charge in [-0.25, -0.2) is 4.79 Å². The molecule has 0 heterocycles. The molecular formula is C23H21ClN2O2S. The lowest BCUT2D eigenvalue weighted by atomic mass is 9.95. The van der Waals surface area contributed by atoms with Gasteiger partial charge in [0.15, 0.2) is 5.11 Å². The Hall–Kier alpha value is -2.89. The van der Waals surface area contributed by atoms with Crippen molar-refractivity contribution in [3.05, 3.63) is 100 Å². The van der Waals surface area contributed by atoms with Crippen LogP contribution < -0.4 is 10.6 Å². The summed E-state index contributed by atoms with van der Waals surface area (Å²) in [4.78, 5) is 11.9. The number of thiocarbonyl (C=S) groups is 1. The fourth-order valence-electron chi connectivity index (χ4n) is 3.06. The number of carbonyl (C=O) groups excluding carboxylic acids is 1. The molecule has 0 saturated heterocycles. The second-order valence-electron chi connectivity index (χ2n) is 6.48. The smallest absolute Gasteiger partial charge is 0.339 e. The lowest BCUT2D eigenvalue weighted by molar-refractivity contribution is 0.0601. The van der Waals surface area contributed by atoms with Crippen molar-refractivity contribution >= 4 is 40.6 Å². The fourth-order valence-corrected chi connectivity index (χ4v) is 3.49. The molecule has 0 amide bonds. The van der Waals surface area contributed by atoms with E-state index in [-0.39, 0.29) is 11.6 Å². The van der Waals surface area contributed by atoms with E-state index in [1.54, 1.807) is 18.2 Å². The molecule has 0 aliphatic carbocycles. The first-order valence-corrected chi connectivity index (χ1v) is 9.84. The van der Waals surface area contributed by atoms with Crippen molar-refractivity contribution in [2.45, 2.75) is 13.0 Å². The number of hydrogen-bond acceptors (Lipinski definition) is 3. The molecule has 0 aliphatic rings. The van der Waals surface area contributed by atoms with E-state index in [1.807, 2.05) is 30.3 Å². The van der Waals surface area contributed by atoms with Crippen molar-refractivity contribution < 1.29 is 9.53 Å². The molecule has 0 unspecified atom stereocenters. The molecule has 148 valence electrons. The van der Waals surface area contributed by atoms with Crippen molar-refractivity contribution in [2.75, 3.05) is 12.4 Å². The third-order valence-corrected chi connectivity index (χ3v) is 5.09. The summed E-state index contributed by atoms with van der Waals surface area (Å²) >= 11 is 11.6. The Kier molecular flexibility index (Phi) is 6.86. The predicted molar refractivity (Wildman–Crippen MR) is 122 cm³/mol. The Morgan fingerprint density at radius 3 is 2.41 bits per heavy atom. The van der Waals surface area contributed by atoms with Gasteiger partial charge in [-0.15, -0.1) is 0 Å². The number of nitrogens with one attached hydrogen (secondary N) is 2. The molecule has 0 aromatic heterocycles. The average molecular weight is 425 g/mol. The average Bonchev–Trinajstić information content (AvgIpc) is 2.74. The lowest BCUT2D eigenvalue weighted by Gasteiger charge is -2.23. The molecule has 0 radical (unpaired) electrons. The summed E-state index contributed by atoms with van der Waals surface area (Å²) in [6.07, 6.45) is 0. The number of esters is 1. The highest BCUT2D eigenvalue weighted by Gasteiger charge is 2.17.